The lowest BCUT2D eigenvalue weighted by Gasteiger charge is -2.58. The molecule has 7 saturated heterocycles. The van der Waals surface area contributed by atoms with E-state index < -0.39 is 82.5 Å². The molecule has 1 spiro atoms. The second kappa shape index (κ2) is 18.9. The maximum absolute atomic E-state index is 12.5. The standard InChI is InChI=1S/C49H84O16/c1-25(42-46(10,62-38-19-17-32(54-12)31(7)58-38)41(50)29(5)49(53,64-42)30(6)43(51)52)34-24-35(55-13)27(3)48(60-34)23-22-45(9,65-48)37-20-21-44(8,61-37)36-18-16-33(59-36)40-26(2)39(56-14)28(4)47(11,57-15)63-40/h25-42,50,53H,16-24H2,1-15H3,(H,51,52)/t25-,26-,27+,28+,29+,30+,31+,32-,33+,34-,35+,36+,37+,38-,39-,40-,41+,42+,44-,45-,46-,47-,48+,49+/m0/s1. The van der Waals surface area contributed by atoms with Gasteiger partial charge in [-0.2, -0.15) is 0 Å². The van der Waals surface area contributed by atoms with Crippen molar-refractivity contribution in [3.63, 3.8) is 0 Å². The maximum atomic E-state index is 12.5. The summed E-state index contributed by atoms with van der Waals surface area (Å²) < 4.78 is 78.7. The largest absolute Gasteiger partial charge is 0.481 e. The maximum Gasteiger partial charge on any atom is 0.311 e. The lowest BCUT2D eigenvalue weighted by molar-refractivity contribution is -0.408. The Bertz CT molecular complexity index is 1660. The Hall–Kier alpha value is -1.09. The summed E-state index contributed by atoms with van der Waals surface area (Å²) in [5.74, 6) is -8.36. The third-order valence-corrected chi connectivity index (χ3v) is 18.2. The molecule has 376 valence electrons. The van der Waals surface area contributed by atoms with E-state index in [1.807, 2.05) is 20.8 Å². The fourth-order valence-corrected chi connectivity index (χ4v) is 13.2. The van der Waals surface area contributed by atoms with Crippen molar-refractivity contribution in [1.82, 2.24) is 0 Å². The SMILES string of the molecule is CO[C@H]1[C@H](C)[C@@H]([C@H]2CC[C@H]([C@]3(C)CC[C@H]([C@]4(C)CC[C@@]5(O[C@H]([C@H](C)[C@H]6O[C@@](O)([C@H](C)C(=O)O)[C@H](C)[C@@H](O)[C@]6(C)O[C@H]6CC[C@H](OC)[C@@H](C)O6)C[C@@H](OC)[C@H]5C)O4)O3)O2)O[C@](C)(OC)[C@@H]1C. The molecule has 16 heteroatoms. The van der Waals surface area contributed by atoms with Crippen molar-refractivity contribution in [2.45, 2.75) is 242 Å². The van der Waals surface area contributed by atoms with E-state index in [0.717, 1.165) is 25.7 Å². The molecule has 7 aliphatic rings. The molecule has 16 nitrogen and oxygen atoms in total. The van der Waals surface area contributed by atoms with E-state index >= 15 is 0 Å². The highest BCUT2D eigenvalue weighted by Crippen LogP contribution is 2.56. The molecule has 3 N–H and O–H groups in total. The van der Waals surface area contributed by atoms with Crippen LogP contribution in [0, 0.1) is 35.5 Å². The molecule has 7 aliphatic heterocycles. The molecule has 24 atom stereocenters. The van der Waals surface area contributed by atoms with Gasteiger partial charge < -0.3 is 72.2 Å². The second-order valence-electron chi connectivity index (χ2n) is 21.9. The first kappa shape index (κ1) is 51.8. The zero-order valence-corrected chi connectivity index (χ0v) is 41.9. The number of carbonyl (C=O) groups is 1. The molecule has 0 aromatic heterocycles. The summed E-state index contributed by atoms with van der Waals surface area (Å²) in [4.78, 5) is 12.5. The number of ether oxygens (including phenoxy) is 12. The van der Waals surface area contributed by atoms with Crippen LogP contribution in [0.3, 0.4) is 0 Å². The lowest BCUT2D eigenvalue weighted by Crippen LogP contribution is -2.72. The Morgan fingerprint density at radius 1 is 0.723 bits per heavy atom. The average molecular weight is 929 g/mol. The number of carboxylic acid groups (broad SMARTS) is 1. The van der Waals surface area contributed by atoms with Gasteiger partial charge in [-0.1, -0.05) is 34.6 Å². The minimum Gasteiger partial charge on any atom is -0.481 e. The lowest BCUT2D eigenvalue weighted by atomic mass is 9.69. The first-order valence-electron chi connectivity index (χ1n) is 24.6. The number of aliphatic hydroxyl groups excluding tert-OH is 1. The second-order valence-corrected chi connectivity index (χ2v) is 21.9. The molecule has 7 rings (SSSR count). The minimum atomic E-state index is -2.23. The molecule has 7 fully saturated rings. The summed E-state index contributed by atoms with van der Waals surface area (Å²) in [5.41, 5.74) is -2.70. The summed E-state index contributed by atoms with van der Waals surface area (Å²) in [7, 11) is 6.79. The number of hydrogen-bond acceptors (Lipinski definition) is 15. The van der Waals surface area contributed by atoms with Crippen LogP contribution in [0.5, 0.6) is 0 Å². The molecule has 0 saturated carbocycles. The molecule has 0 bridgehead atoms. The van der Waals surface area contributed by atoms with Gasteiger partial charge in [-0.05, 0) is 80.1 Å². The van der Waals surface area contributed by atoms with Gasteiger partial charge in [-0.15, -0.1) is 0 Å². The molecule has 0 radical (unpaired) electrons. The summed E-state index contributed by atoms with van der Waals surface area (Å²) in [6.07, 6.45) is 1.05. The number of hydrogen-bond donors (Lipinski definition) is 3. The van der Waals surface area contributed by atoms with Crippen LogP contribution in [0.15, 0.2) is 0 Å². The van der Waals surface area contributed by atoms with Gasteiger partial charge in [0.15, 0.2) is 23.7 Å². The van der Waals surface area contributed by atoms with E-state index in [1.165, 1.54) is 6.92 Å². The first-order valence-corrected chi connectivity index (χ1v) is 24.6. The van der Waals surface area contributed by atoms with Crippen molar-refractivity contribution in [3.05, 3.63) is 0 Å². The van der Waals surface area contributed by atoms with Gasteiger partial charge in [0.2, 0.25) is 0 Å². The van der Waals surface area contributed by atoms with Gasteiger partial charge in [-0.25, -0.2) is 0 Å². The van der Waals surface area contributed by atoms with Crippen LogP contribution >= 0.6 is 0 Å². The van der Waals surface area contributed by atoms with Crippen LogP contribution in [0.4, 0.5) is 0 Å². The topological polar surface area (TPSA) is 189 Å². The van der Waals surface area contributed by atoms with Gasteiger partial charge in [0, 0.05) is 77.3 Å². The van der Waals surface area contributed by atoms with Gasteiger partial charge in [0.25, 0.3) is 0 Å². The van der Waals surface area contributed by atoms with Crippen LogP contribution in [-0.2, 0) is 61.6 Å². The van der Waals surface area contributed by atoms with Gasteiger partial charge in [0.1, 0.15) is 11.5 Å². The molecular weight excluding hydrogens is 845 g/mol. The predicted molar refractivity (Wildman–Crippen MR) is 236 cm³/mol. The molecule has 0 unspecified atom stereocenters. The number of carboxylic acids is 1. The first-order chi connectivity index (χ1) is 30.4. The average Bonchev–Trinajstić information content (AvgIpc) is 4.03. The zero-order chi connectivity index (χ0) is 47.8. The Morgan fingerprint density at radius 3 is 2.03 bits per heavy atom. The van der Waals surface area contributed by atoms with Crippen molar-refractivity contribution in [2.24, 2.45) is 35.5 Å². The fraction of sp³-hybridized carbons (Fsp3) is 0.980. The highest BCUT2D eigenvalue weighted by Gasteiger charge is 2.67. The van der Waals surface area contributed by atoms with Crippen molar-refractivity contribution in [2.75, 3.05) is 28.4 Å². The minimum absolute atomic E-state index is 0.0380. The fourth-order valence-electron chi connectivity index (χ4n) is 13.2. The van der Waals surface area contributed by atoms with E-state index in [4.69, 9.17) is 56.8 Å². The molecule has 65 heavy (non-hydrogen) atoms. The summed E-state index contributed by atoms with van der Waals surface area (Å²) >= 11 is 0. The summed E-state index contributed by atoms with van der Waals surface area (Å²) in [5, 5.41) is 34.5. The smallest absolute Gasteiger partial charge is 0.311 e. The van der Waals surface area contributed by atoms with Crippen molar-refractivity contribution >= 4 is 5.97 Å². The number of methoxy groups -OCH3 is 4. The van der Waals surface area contributed by atoms with Crippen molar-refractivity contribution < 1.29 is 77.0 Å². The van der Waals surface area contributed by atoms with Crippen LogP contribution in [0.1, 0.15) is 134 Å². The molecule has 0 aliphatic carbocycles. The van der Waals surface area contributed by atoms with Crippen molar-refractivity contribution in [1.29, 1.82) is 0 Å². The highest BCUT2D eigenvalue weighted by molar-refractivity contribution is 5.70. The van der Waals surface area contributed by atoms with Gasteiger partial charge in [-0.3, -0.25) is 4.79 Å². The number of aliphatic hydroxyl groups is 2. The van der Waals surface area contributed by atoms with E-state index in [2.05, 4.69) is 34.6 Å². The van der Waals surface area contributed by atoms with Gasteiger partial charge in [0.05, 0.1) is 78.3 Å². The van der Waals surface area contributed by atoms with Crippen LogP contribution in [-0.4, -0.2) is 157 Å². The Balaban J connectivity index is 1.09. The van der Waals surface area contributed by atoms with Crippen LogP contribution in [0.2, 0.25) is 0 Å². The van der Waals surface area contributed by atoms with Gasteiger partial charge >= 0.3 is 5.97 Å². The normalized spacial score (nSPS) is 53.9. The predicted octanol–water partition coefficient (Wildman–Crippen LogP) is 5.98. The van der Waals surface area contributed by atoms with Crippen LogP contribution in [0.25, 0.3) is 0 Å². The third-order valence-electron chi connectivity index (χ3n) is 18.2. The van der Waals surface area contributed by atoms with E-state index in [0.29, 0.717) is 32.1 Å². The molecule has 7 heterocycles. The zero-order valence-electron chi connectivity index (χ0n) is 41.9. The number of rotatable bonds is 13. The molecule has 0 aromatic rings. The van der Waals surface area contributed by atoms with Crippen molar-refractivity contribution in [3.8, 4) is 0 Å². The Morgan fingerprint density at radius 2 is 1.42 bits per heavy atom. The molecule has 0 amide bonds. The molecule has 0 aromatic carbocycles. The Kier molecular flexibility index (Phi) is 15.1. The quantitative estimate of drug-likeness (QED) is 0.196. The van der Waals surface area contributed by atoms with E-state index in [9.17, 15) is 20.1 Å². The highest BCUT2D eigenvalue weighted by atomic mass is 16.7. The summed E-state index contributed by atoms with van der Waals surface area (Å²) in [6, 6.07) is 0. The Labute approximate surface area is 387 Å². The molecular formula is C49H84O16. The van der Waals surface area contributed by atoms with Crippen LogP contribution < -0.4 is 0 Å². The summed E-state index contributed by atoms with van der Waals surface area (Å²) in [6.45, 7) is 21.3. The van der Waals surface area contributed by atoms with E-state index in [-0.39, 0.29) is 66.6 Å². The monoisotopic (exact) mass is 929 g/mol. The van der Waals surface area contributed by atoms with E-state index in [1.54, 1.807) is 42.3 Å². The number of aliphatic carboxylic acids is 1. The third kappa shape index (κ3) is 8.90.